The van der Waals surface area contributed by atoms with Crippen molar-refractivity contribution < 1.29 is 22.1 Å². The van der Waals surface area contributed by atoms with Crippen molar-refractivity contribution in [1.29, 1.82) is 0 Å². The van der Waals surface area contributed by atoms with Crippen LogP contribution in [0.15, 0.2) is 21.5 Å². The zero-order valence-corrected chi connectivity index (χ0v) is 11.3. The zero-order chi connectivity index (χ0) is 14.3. The lowest BCUT2D eigenvalue weighted by Crippen LogP contribution is -2.25. The molecular formula is C8H7BrF2N2O4S. The van der Waals surface area contributed by atoms with Crippen molar-refractivity contribution in [2.24, 2.45) is 0 Å². The molecule has 0 bridgehead atoms. The molecule has 0 aliphatic carbocycles. The highest BCUT2D eigenvalue weighted by atomic mass is 79.9. The second kappa shape index (κ2) is 4.43. The highest BCUT2D eigenvalue weighted by Crippen LogP contribution is 2.37. The predicted octanol–water partition coefficient (Wildman–Crippen LogP) is 2.33. The number of hydrogen-bond acceptors (Lipinski definition) is 5. The molecule has 0 saturated heterocycles. The molecule has 0 aliphatic heterocycles. The number of nitro benzene ring substituents is 1. The van der Waals surface area contributed by atoms with Crippen LogP contribution in [0.2, 0.25) is 0 Å². The first-order valence-electron chi connectivity index (χ1n) is 4.34. The molecule has 18 heavy (non-hydrogen) atoms. The highest BCUT2D eigenvalue weighted by Gasteiger charge is 2.43. The van der Waals surface area contributed by atoms with Gasteiger partial charge in [0.1, 0.15) is 4.90 Å². The minimum atomic E-state index is -5.08. The van der Waals surface area contributed by atoms with E-state index in [4.69, 9.17) is 5.73 Å². The fraction of sp³-hybridized carbons (Fsp3) is 0.250. The molecule has 0 amide bonds. The molecule has 2 N–H and O–H groups in total. The summed E-state index contributed by atoms with van der Waals surface area (Å²) in [6.07, 6.45) is 0. The van der Waals surface area contributed by atoms with Crippen molar-refractivity contribution in [1.82, 2.24) is 0 Å². The molecular weight excluding hydrogens is 338 g/mol. The minimum Gasteiger partial charge on any atom is -0.397 e. The van der Waals surface area contributed by atoms with Gasteiger partial charge < -0.3 is 5.73 Å². The van der Waals surface area contributed by atoms with Gasteiger partial charge in [0.15, 0.2) is 0 Å². The van der Waals surface area contributed by atoms with E-state index < -0.39 is 36.3 Å². The van der Waals surface area contributed by atoms with Crippen LogP contribution in [0.25, 0.3) is 0 Å². The molecule has 0 fully saturated rings. The number of benzene rings is 1. The molecule has 0 spiro atoms. The van der Waals surface area contributed by atoms with E-state index in [2.05, 4.69) is 15.9 Å². The molecule has 10 heteroatoms. The predicted molar refractivity (Wildman–Crippen MR) is 63.0 cm³/mol. The number of nitrogen functional groups attached to an aromatic ring is 1. The molecule has 0 saturated carbocycles. The van der Waals surface area contributed by atoms with E-state index in [1.807, 2.05) is 0 Å². The topological polar surface area (TPSA) is 103 Å². The molecule has 0 aliphatic rings. The molecule has 0 heterocycles. The Balaban J connectivity index is 3.66. The number of hydrogen-bond donors (Lipinski definition) is 1. The van der Waals surface area contributed by atoms with Crippen LogP contribution in [0.1, 0.15) is 6.92 Å². The summed E-state index contributed by atoms with van der Waals surface area (Å²) >= 11 is 2.79. The van der Waals surface area contributed by atoms with Gasteiger partial charge in [-0.15, -0.1) is 0 Å². The number of alkyl halides is 2. The monoisotopic (exact) mass is 344 g/mol. The third kappa shape index (κ3) is 2.43. The Kier molecular flexibility index (Phi) is 3.63. The molecule has 0 atom stereocenters. The largest absolute Gasteiger partial charge is 0.397 e. The van der Waals surface area contributed by atoms with Gasteiger partial charge in [0, 0.05) is 23.5 Å². The van der Waals surface area contributed by atoms with Gasteiger partial charge in [-0.2, -0.15) is 8.78 Å². The van der Waals surface area contributed by atoms with Crippen molar-refractivity contribution in [3.63, 3.8) is 0 Å². The lowest BCUT2D eigenvalue weighted by Gasteiger charge is -2.14. The van der Waals surface area contributed by atoms with Crippen molar-refractivity contribution in [3.8, 4) is 0 Å². The Morgan fingerprint density at radius 3 is 2.33 bits per heavy atom. The van der Waals surface area contributed by atoms with Gasteiger partial charge in [-0.05, 0) is 15.9 Å². The zero-order valence-electron chi connectivity index (χ0n) is 8.85. The summed E-state index contributed by atoms with van der Waals surface area (Å²) in [5, 5.41) is 6.47. The highest BCUT2D eigenvalue weighted by molar-refractivity contribution is 9.10. The summed E-state index contributed by atoms with van der Waals surface area (Å²) in [6, 6.07) is 1.44. The van der Waals surface area contributed by atoms with Gasteiger partial charge in [-0.1, -0.05) is 0 Å². The van der Waals surface area contributed by atoms with Crippen LogP contribution in [0.3, 0.4) is 0 Å². The van der Waals surface area contributed by atoms with Crippen LogP contribution in [0, 0.1) is 10.1 Å². The number of non-ortho nitro benzene ring substituents is 1. The lowest BCUT2D eigenvalue weighted by molar-refractivity contribution is -0.385. The van der Waals surface area contributed by atoms with Crippen molar-refractivity contribution in [3.05, 3.63) is 26.7 Å². The maximum Gasteiger partial charge on any atom is 0.347 e. The normalized spacial score (nSPS) is 12.4. The molecule has 1 aromatic rings. The lowest BCUT2D eigenvalue weighted by atomic mass is 10.3. The number of sulfone groups is 1. The smallest absolute Gasteiger partial charge is 0.347 e. The molecule has 6 nitrogen and oxygen atoms in total. The summed E-state index contributed by atoms with van der Waals surface area (Å²) in [5.41, 5.74) is 4.20. The van der Waals surface area contributed by atoms with Crippen LogP contribution < -0.4 is 5.73 Å². The summed E-state index contributed by atoms with van der Waals surface area (Å²) in [5.74, 6) is 0. The molecule has 0 unspecified atom stereocenters. The molecule has 1 aromatic carbocycles. The van der Waals surface area contributed by atoms with Gasteiger partial charge in [-0.3, -0.25) is 10.1 Å². The van der Waals surface area contributed by atoms with E-state index in [9.17, 15) is 27.3 Å². The SMILES string of the molecule is CC(F)(F)S(=O)(=O)c1cc([N+](=O)[O-])cc(Br)c1N. The Morgan fingerprint density at radius 1 is 1.44 bits per heavy atom. The second-order valence-corrected chi connectivity index (χ2v) is 6.43. The van der Waals surface area contributed by atoms with Gasteiger partial charge >= 0.3 is 5.25 Å². The van der Waals surface area contributed by atoms with E-state index in [1.54, 1.807) is 0 Å². The fourth-order valence-electron chi connectivity index (χ4n) is 1.10. The number of rotatable bonds is 3. The third-order valence-electron chi connectivity index (χ3n) is 2.05. The first-order chi connectivity index (χ1) is 7.98. The minimum absolute atomic E-state index is 0.139. The average Bonchev–Trinajstić information content (AvgIpc) is 2.19. The Morgan fingerprint density at radius 2 is 1.94 bits per heavy atom. The second-order valence-electron chi connectivity index (χ2n) is 3.41. The molecule has 1 rings (SSSR count). The van der Waals surface area contributed by atoms with E-state index >= 15 is 0 Å². The van der Waals surface area contributed by atoms with Crippen LogP contribution in [-0.4, -0.2) is 18.6 Å². The Hall–Kier alpha value is -1.29. The Bertz CT molecular complexity index is 612. The van der Waals surface area contributed by atoms with Gasteiger partial charge in [0.2, 0.25) is 9.84 Å². The number of anilines is 1. The van der Waals surface area contributed by atoms with E-state index in [0.717, 1.165) is 6.07 Å². The van der Waals surface area contributed by atoms with Gasteiger partial charge in [0.25, 0.3) is 5.69 Å². The number of nitrogens with zero attached hydrogens (tertiary/aromatic N) is 1. The van der Waals surface area contributed by atoms with E-state index in [-0.39, 0.29) is 11.4 Å². The first kappa shape index (κ1) is 14.8. The summed E-state index contributed by atoms with van der Waals surface area (Å²) in [7, 11) is -5.08. The molecule has 100 valence electrons. The van der Waals surface area contributed by atoms with Crippen LogP contribution in [-0.2, 0) is 9.84 Å². The summed E-state index contributed by atoms with van der Waals surface area (Å²) < 4.78 is 48.9. The van der Waals surface area contributed by atoms with Crippen LogP contribution >= 0.6 is 15.9 Å². The van der Waals surface area contributed by atoms with E-state index in [1.165, 1.54) is 0 Å². The van der Waals surface area contributed by atoms with Gasteiger partial charge in [-0.25, -0.2) is 8.42 Å². The number of nitrogens with two attached hydrogens (primary N) is 1. The average molecular weight is 345 g/mol. The maximum atomic E-state index is 13.0. The summed E-state index contributed by atoms with van der Waals surface area (Å²) in [6.45, 7) is 0.175. The van der Waals surface area contributed by atoms with Crippen molar-refractivity contribution >= 4 is 37.1 Å². The number of nitro groups is 1. The molecule has 0 radical (unpaired) electrons. The quantitative estimate of drug-likeness (QED) is 0.514. The van der Waals surface area contributed by atoms with Crippen molar-refractivity contribution in [2.75, 3.05) is 5.73 Å². The molecule has 0 aromatic heterocycles. The van der Waals surface area contributed by atoms with Crippen LogP contribution in [0.4, 0.5) is 20.2 Å². The van der Waals surface area contributed by atoms with E-state index in [0.29, 0.717) is 6.07 Å². The fourth-order valence-corrected chi connectivity index (χ4v) is 2.74. The maximum absolute atomic E-state index is 13.0. The van der Waals surface area contributed by atoms with Crippen molar-refractivity contribution in [2.45, 2.75) is 17.1 Å². The Labute approximate surface area is 109 Å². The first-order valence-corrected chi connectivity index (χ1v) is 6.62. The van der Waals surface area contributed by atoms with Gasteiger partial charge in [0.05, 0.1) is 10.6 Å². The number of halogens is 3. The standard InChI is InChI=1S/C8H7BrF2N2O4S/c1-8(10,11)18(16,17)6-3-4(13(14)15)2-5(9)7(6)12/h2-3H,12H2,1H3. The third-order valence-corrected chi connectivity index (χ3v) is 4.57. The summed E-state index contributed by atoms with van der Waals surface area (Å²) in [4.78, 5) is 8.67. The van der Waals surface area contributed by atoms with Crippen LogP contribution in [0.5, 0.6) is 0 Å².